The lowest BCUT2D eigenvalue weighted by molar-refractivity contribution is -0.123. The Morgan fingerprint density at radius 3 is 2.82 bits per heavy atom. The van der Waals surface area contributed by atoms with Crippen molar-refractivity contribution in [2.24, 2.45) is 10.1 Å². The Morgan fingerprint density at radius 1 is 1.29 bits per heavy atom. The smallest absolute Gasteiger partial charge is 0.252 e. The SMILES string of the molecule is COc1ccccc1/C=N\NC1=N[C@@H](CC(=O)Nc2ccccc2Cl)C(=O)N1. The number of ether oxygens (including phenoxy) is 1. The van der Waals surface area contributed by atoms with Crippen LogP contribution in [0.15, 0.2) is 58.6 Å². The van der Waals surface area contributed by atoms with Crippen LogP contribution in [-0.4, -0.2) is 37.1 Å². The average Bonchev–Trinajstić information content (AvgIpc) is 3.03. The minimum absolute atomic E-state index is 0.113. The van der Waals surface area contributed by atoms with Crippen molar-refractivity contribution in [3.63, 3.8) is 0 Å². The first kappa shape index (κ1) is 19.4. The molecule has 2 aromatic carbocycles. The van der Waals surface area contributed by atoms with Crippen molar-refractivity contribution in [3.05, 3.63) is 59.1 Å². The second kappa shape index (κ2) is 9.01. The fourth-order valence-corrected chi connectivity index (χ4v) is 2.70. The van der Waals surface area contributed by atoms with Crippen LogP contribution in [-0.2, 0) is 9.59 Å². The molecule has 0 unspecified atom stereocenters. The number of hydrogen-bond acceptors (Lipinski definition) is 6. The Bertz CT molecular complexity index is 945. The van der Waals surface area contributed by atoms with Gasteiger partial charge < -0.3 is 10.1 Å². The molecule has 2 amide bonds. The van der Waals surface area contributed by atoms with E-state index in [9.17, 15) is 9.59 Å². The molecule has 2 aromatic rings. The second-order valence-electron chi connectivity index (χ2n) is 5.83. The highest BCUT2D eigenvalue weighted by Crippen LogP contribution is 2.21. The van der Waals surface area contributed by atoms with Gasteiger partial charge in [0.1, 0.15) is 11.8 Å². The van der Waals surface area contributed by atoms with Crippen molar-refractivity contribution < 1.29 is 14.3 Å². The van der Waals surface area contributed by atoms with Gasteiger partial charge in [-0.1, -0.05) is 35.9 Å². The number of benzene rings is 2. The van der Waals surface area contributed by atoms with Gasteiger partial charge in [-0.05, 0) is 24.3 Å². The monoisotopic (exact) mass is 399 g/mol. The predicted octanol–water partition coefficient (Wildman–Crippen LogP) is 2.16. The van der Waals surface area contributed by atoms with Gasteiger partial charge in [0.25, 0.3) is 5.91 Å². The highest BCUT2D eigenvalue weighted by molar-refractivity contribution is 6.33. The van der Waals surface area contributed by atoms with E-state index in [4.69, 9.17) is 16.3 Å². The largest absolute Gasteiger partial charge is 0.496 e. The number of hydrazone groups is 1. The zero-order chi connectivity index (χ0) is 19.9. The van der Waals surface area contributed by atoms with E-state index in [1.54, 1.807) is 37.6 Å². The molecule has 144 valence electrons. The third kappa shape index (κ3) is 4.86. The lowest BCUT2D eigenvalue weighted by Crippen LogP contribution is -2.35. The number of carbonyl (C=O) groups is 2. The Morgan fingerprint density at radius 2 is 2.04 bits per heavy atom. The molecule has 1 heterocycles. The Balaban J connectivity index is 1.57. The third-order valence-corrected chi connectivity index (χ3v) is 4.20. The number of nitrogens with zero attached hydrogens (tertiary/aromatic N) is 2. The molecule has 9 heteroatoms. The first-order chi connectivity index (χ1) is 13.6. The van der Waals surface area contributed by atoms with Crippen molar-refractivity contribution in [3.8, 4) is 5.75 Å². The number of halogens is 1. The fraction of sp³-hybridized carbons (Fsp3) is 0.158. The van der Waals surface area contributed by atoms with Gasteiger partial charge >= 0.3 is 0 Å². The summed E-state index contributed by atoms with van der Waals surface area (Å²) in [6.07, 6.45) is 1.43. The van der Waals surface area contributed by atoms with Crippen molar-refractivity contribution in [2.75, 3.05) is 12.4 Å². The summed E-state index contributed by atoms with van der Waals surface area (Å²) in [6, 6.07) is 13.4. The standard InChI is InChI=1S/C19H18ClN5O3/c1-28-16-9-5-2-6-12(16)11-21-25-19-23-15(18(27)24-19)10-17(26)22-14-8-4-3-7-13(14)20/h2-9,11,15H,10H2,1H3,(H,22,26)(H2,23,24,25,27)/b21-11-/t15-/m0/s1. The zero-order valence-electron chi connectivity index (χ0n) is 15.0. The molecule has 1 aliphatic rings. The molecule has 1 aliphatic heterocycles. The van der Waals surface area contributed by atoms with E-state index < -0.39 is 6.04 Å². The number of rotatable bonds is 6. The summed E-state index contributed by atoms with van der Waals surface area (Å²) in [6.45, 7) is 0. The summed E-state index contributed by atoms with van der Waals surface area (Å²) in [4.78, 5) is 28.3. The number of amides is 2. The van der Waals surface area contributed by atoms with Crippen LogP contribution in [0, 0.1) is 0 Å². The van der Waals surface area contributed by atoms with Gasteiger partial charge in [0.15, 0.2) is 0 Å². The van der Waals surface area contributed by atoms with Gasteiger partial charge in [-0.25, -0.2) is 10.4 Å². The first-order valence-electron chi connectivity index (χ1n) is 8.42. The summed E-state index contributed by atoms with van der Waals surface area (Å²) in [5.74, 6) is 0.0892. The number of guanidine groups is 1. The quantitative estimate of drug-likeness (QED) is 0.511. The van der Waals surface area contributed by atoms with Gasteiger partial charge in [0.05, 0.1) is 30.5 Å². The minimum atomic E-state index is -0.841. The molecule has 0 saturated carbocycles. The topological polar surface area (TPSA) is 104 Å². The lowest BCUT2D eigenvalue weighted by Gasteiger charge is -2.08. The molecular formula is C19H18ClN5O3. The fourth-order valence-electron chi connectivity index (χ4n) is 2.52. The summed E-state index contributed by atoms with van der Waals surface area (Å²) < 4.78 is 5.23. The summed E-state index contributed by atoms with van der Waals surface area (Å²) in [5, 5.41) is 9.67. The van der Waals surface area contributed by atoms with Crippen LogP contribution in [0.1, 0.15) is 12.0 Å². The molecule has 0 fully saturated rings. The molecule has 0 aromatic heterocycles. The minimum Gasteiger partial charge on any atom is -0.496 e. The predicted molar refractivity (Wildman–Crippen MR) is 108 cm³/mol. The number of aliphatic imine (C=N–C) groups is 1. The van der Waals surface area contributed by atoms with Crippen LogP contribution >= 0.6 is 11.6 Å². The Hall–Kier alpha value is -3.39. The van der Waals surface area contributed by atoms with Crippen LogP contribution in [0.25, 0.3) is 0 Å². The van der Waals surface area contributed by atoms with E-state index in [2.05, 4.69) is 26.2 Å². The van der Waals surface area contributed by atoms with Crippen LogP contribution < -0.4 is 20.8 Å². The van der Waals surface area contributed by atoms with E-state index in [-0.39, 0.29) is 24.2 Å². The number of hydrogen-bond donors (Lipinski definition) is 3. The van der Waals surface area contributed by atoms with Crippen LogP contribution in [0.2, 0.25) is 5.02 Å². The van der Waals surface area contributed by atoms with E-state index in [0.717, 1.165) is 5.56 Å². The van der Waals surface area contributed by atoms with Crippen molar-refractivity contribution in [1.29, 1.82) is 0 Å². The highest BCUT2D eigenvalue weighted by Gasteiger charge is 2.28. The second-order valence-corrected chi connectivity index (χ2v) is 6.23. The molecule has 0 aliphatic carbocycles. The molecule has 1 atom stereocenters. The summed E-state index contributed by atoms with van der Waals surface area (Å²) >= 11 is 6.01. The maximum atomic E-state index is 12.2. The van der Waals surface area contributed by atoms with Gasteiger partial charge in [0.2, 0.25) is 11.9 Å². The van der Waals surface area contributed by atoms with Gasteiger partial charge in [0, 0.05) is 5.56 Å². The maximum Gasteiger partial charge on any atom is 0.252 e. The van der Waals surface area contributed by atoms with Crippen molar-refractivity contribution >= 4 is 41.3 Å². The molecule has 0 radical (unpaired) electrons. The first-order valence-corrected chi connectivity index (χ1v) is 8.80. The number of carbonyl (C=O) groups excluding carboxylic acids is 2. The molecule has 0 spiro atoms. The van der Waals surface area contributed by atoms with Crippen LogP contribution in [0.3, 0.4) is 0 Å². The van der Waals surface area contributed by atoms with Crippen LogP contribution in [0.4, 0.5) is 5.69 Å². The summed E-state index contributed by atoms with van der Waals surface area (Å²) in [5.41, 5.74) is 3.90. The van der Waals surface area contributed by atoms with E-state index in [0.29, 0.717) is 16.5 Å². The summed E-state index contributed by atoms with van der Waals surface area (Å²) in [7, 11) is 1.57. The number of nitrogens with one attached hydrogen (secondary N) is 3. The van der Waals surface area contributed by atoms with Crippen molar-refractivity contribution in [2.45, 2.75) is 12.5 Å². The van der Waals surface area contributed by atoms with Crippen LogP contribution in [0.5, 0.6) is 5.75 Å². The van der Waals surface area contributed by atoms with E-state index >= 15 is 0 Å². The molecule has 0 saturated heterocycles. The highest BCUT2D eigenvalue weighted by atomic mass is 35.5. The van der Waals surface area contributed by atoms with Gasteiger partial charge in [-0.15, -0.1) is 0 Å². The Kier molecular flexibility index (Phi) is 6.23. The molecular weight excluding hydrogens is 382 g/mol. The van der Waals surface area contributed by atoms with E-state index in [1.165, 1.54) is 0 Å². The van der Waals surface area contributed by atoms with E-state index in [1.807, 2.05) is 24.3 Å². The molecule has 0 bridgehead atoms. The molecule has 8 nitrogen and oxygen atoms in total. The third-order valence-electron chi connectivity index (χ3n) is 3.87. The van der Waals surface area contributed by atoms with Crippen molar-refractivity contribution in [1.82, 2.24) is 10.7 Å². The molecule has 28 heavy (non-hydrogen) atoms. The Labute approximate surface area is 166 Å². The number of methoxy groups -OCH3 is 1. The molecule has 3 N–H and O–H groups in total. The molecule has 3 rings (SSSR count). The van der Waals surface area contributed by atoms with Gasteiger partial charge in [-0.3, -0.25) is 14.9 Å². The number of para-hydroxylation sites is 2. The lowest BCUT2D eigenvalue weighted by atomic mass is 10.2. The van der Waals surface area contributed by atoms with Gasteiger partial charge in [-0.2, -0.15) is 5.10 Å². The normalized spacial score (nSPS) is 15.9. The number of anilines is 1. The average molecular weight is 400 g/mol. The maximum absolute atomic E-state index is 12.2. The zero-order valence-corrected chi connectivity index (χ0v) is 15.7.